The largest absolute Gasteiger partial charge is 0.381 e. The Labute approximate surface area is 107 Å². The number of nitro groups is 1. The zero-order valence-corrected chi connectivity index (χ0v) is 10.6. The molecule has 1 aromatic heterocycles. The van der Waals surface area contributed by atoms with Crippen molar-refractivity contribution >= 4 is 11.5 Å². The summed E-state index contributed by atoms with van der Waals surface area (Å²) in [6, 6.07) is 3.04. The van der Waals surface area contributed by atoms with E-state index in [-0.39, 0.29) is 5.69 Å². The van der Waals surface area contributed by atoms with Crippen LogP contribution < -0.4 is 5.32 Å². The molecule has 0 aliphatic heterocycles. The highest BCUT2D eigenvalue weighted by molar-refractivity contribution is 5.39. The van der Waals surface area contributed by atoms with Crippen LogP contribution in [0.5, 0.6) is 0 Å². The van der Waals surface area contributed by atoms with Gasteiger partial charge in [0.05, 0.1) is 4.92 Å². The Bertz CT molecular complexity index is 354. The fraction of sp³-hybridized carbons (Fsp3) is 0.583. The lowest BCUT2D eigenvalue weighted by Gasteiger charge is -2.05. The zero-order chi connectivity index (χ0) is 13.2. The van der Waals surface area contributed by atoms with Gasteiger partial charge in [0, 0.05) is 25.8 Å². The molecule has 0 amide bonds. The molecule has 18 heavy (non-hydrogen) atoms. The Balaban J connectivity index is 2.14. The highest BCUT2D eigenvalue weighted by Gasteiger charge is 2.04. The van der Waals surface area contributed by atoms with Crippen molar-refractivity contribution < 1.29 is 9.66 Å². The van der Waals surface area contributed by atoms with Crippen molar-refractivity contribution in [3.63, 3.8) is 0 Å². The Morgan fingerprint density at radius 1 is 1.39 bits per heavy atom. The number of hydrogen-bond donors (Lipinski definition) is 1. The predicted octanol–water partition coefficient (Wildman–Crippen LogP) is 2.61. The zero-order valence-electron chi connectivity index (χ0n) is 10.6. The van der Waals surface area contributed by atoms with Crippen LogP contribution in [0.1, 0.15) is 26.2 Å². The van der Waals surface area contributed by atoms with Crippen LogP contribution in [0.2, 0.25) is 0 Å². The normalized spacial score (nSPS) is 10.3. The van der Waals surface area contributed by atoms with Crippen LogP contribution in [0.4, 0.5) is 11.5 Å². The van der Waals surface area contributed by atoms with Gasteiger partial charge < -0.3 is 10.1 Å². The minimum Gasteiger partial charge on any atom is -0.381 e. The first-order chi connectivity index (χ1) is 8.74. The van der Waals surface area contributed by atoms with E-state index in [0.29, 0.717) is 5.82 Å². The molecule has 1 N–H and O–H groups in total. The maximum absolute atomic E-state index is 10.4. The van der Waals surface area contributed by atoms with E-state index in [9.17, 15) is 10.1 Å². The summed E-state index contributed by atoms with van der Waals surface area (Å²) in [6.07, 6.45) is 4.38. The molecule has 0 spiro atoms. The standard InChI is InChI=1S/C12H19N3O3/c1-2-3-8-18-9-4-7-13-12-6-5-11(10-14-12)15(16)17/h5-6,10H,2-4,7-9H2,1H3,(H,13,14). The molecule has 6 nitrogen and oxygen atoms in total. The summed E-state index contributed by atoms with van der Waals surface area (Å²) >= 11 is 0. The molecule has 1 aromatic rings. The Morgan fingerprint density at radius 2 is 2.17 bits per heavy atom. The average Bonchev–Trinajstić information content (AvgIpc) is 2.38. The fourth-order valence-electron chi connectivity index (χ4n) is 1.34. The molecule has 0 fully saturated rings. The van der Waals surface area contributed by atoms with Gasteiger partial charge in [0.2, 0.25) is 0 Å². The molecule has 1 heterocycles. The lowest BCUT2D eigenvalue weighted by Crippen LogP contribution is -2.07. The van der Waals surface area contributed by atoms with E-state index in [2.05, 4.69) is 17.2 Å². The Kier molecular flexibility index (Phi) is 6.71. The number of hydrogen-bond acceptors (Lipinski definition) is 5. The smallest absolute Gasteiger partial charge is 0.287 e. The molecule has 0 radical (unpaired) electrons. The molecule has 0 aliphatic carbocycles. The molecule has 0 aromatic carbocycles. The van der Waals surface area contributed by atoms with Crippen molar-refractivity contribution in [2.24, 2.45) is 0 Å². The molecule has 0 saturated heterocycles. The third-order valence-electron chi connectivity index (χ3n) is 2.37. The summed E-state index contributed by atoms with van der Waals surface area (Å²) in [6.45, 7) is 4.41. The van der Waals surface area contributed by atoms with Gasteiger partial charge in [-0.25, -0.2) is 4.98 Å². The van der Waals surface area contributed by atoms with Crippen LogP contribution >= 0.6 is 0 Å². The van der Waals surface area contributed by atoms with E-state index in [1.54, 1.807) is 6.07 Å². The number of unbranched alkanes of at least 4 members (excludes halogenated alkanes) is 1. The van der Waals surface area contributed by atoms with E-state index >= 15 is 0 Å². The van der Waals surface area contributed by atoms with Gasteiger partial charge in [0.1, 0.15) is 12.0 Å². The second kappa shape index (κ2) is 8.41. The fourth-order valence-corrected chi connectivity index (χ4v) is 1.34. The van der Waals surface area contributed by atoms with Crippen LogP contribution in [0.25, 0.3) is 0 Å². The van der Waals surface area contributed by atoms with Crippen LogP contribution in [0.15, 0.2) is 18.3 Å². The van der Waals surface area contributed by atoms with Crippen molar-refractivity contribution in [1.82, 2.24) is 4.98 Å². The first-order valence-electron chi connectivity index (χ1n) is 6.16. The van der Waals surface area contributed by atoms with Crippen molar-refractivity contribution in [2.45, 2.75) is 26.2 Å². The molecule has 6 heteroatoms. The molecule has 0 bridgehead atoms. The molecular weight excluding hydrogens is 234 g/mol. The van der Waals surface area contributed by atoms with E-state index in [1.165, 1.54) is 12.3 Å². The predicted molar refractivity (Wildman–Crippen MR) is 69.7 cm³/mol. The molecule has 0 aliphatic rings. The van der Waals surface area contributed by atoms with Crippen molar-refractivity contribution in [2.75, 3.05) is 25.1 Å². The quantitative estimate of drug-likeness (QED) is 0.416. The van der Waals surface area contributed by atoms with Crippen molar-refractivity contribution in [3.8, 4) is 0 Å². The highest BCUT2D eigenvalue weighted by atomic mass is 16.6. The summed E-state index contributed by atoms with van der Waals surface area (Å²) in [5.41, 5.74) is 0.00319. The van der Waals surface area contributed by atoms with Gasteiger partial charge in [0.25, 0.3) is 5.69 Å². The lowest BCUT2D eigenvalue weighted by molar-refractivity contribution is -0.385. The number of pyridine rings is 1. The third kappa shape index (κ3) is 5.58. The molecule has 1 rings (SSSR count). The van der Waals surface area contributed by atoms with Gasteiger partial charge >= 0.3 is 0 Å². The minimum absolute atomic E-state index is 0.00319. The van der Waals surface area contributed by atoms with Gasteiger partial charge in [-0.2, -0.15) is 0 Å². The Morgan fingerprint density at radius 3 is 2.78 bits per heavy atom. The molecule has 100 valence electrons. The first kappa shape index (κ1) is 14.4. The third-order valence-corrected chi connectivity index (χ3v) is 2.37. The van der Waals surface area contributed by atoms with Crippen LogP contribution in [0.3, 0.4) is 0 Å². The first-order valence-corrected chi connectivity index (χ1v) is 6.16. The molecule has 0 unspecified atom stereocenters. The van der Waals surface area contributed by atoms with E-state index in [0.717, 1.165) is 39.0 Å². The van der Waals surface area contributed by atoms with Gasteiger partial charge in [-0.3, -0.25) is 10.1 Å². The van der Waals surface area contributed by atoms with E-state index < -0.39 is 4.92 Å². The molecular formula is C12H19N3O3. The maximum Gasteiger partial charge on any atom is 0.287 e. The second-order valence-electron chi connectivity index (χ2n) is 3.91. The number of aromatic nitrogens is 1. The second-order valence-corrected chi connectivity index (χ2v) is 3.91. The lowest BCUT2D eigenvalue weighted by atomic mass is 10.3. The summed E-state index contributed by atoms with van der Waals surface area (Å²) in [4.78, 5) is 13.9. The highest BCUT2D eigenvalue weighted by Crippen LogP contribution is 2.11. The average molecular weight is 253 g/mol. The number of ether oxygens (including phenoxy) is 1. The molecule has 0 atom stereocenters. The minimum atomic E-state index is -0.460. The van der Waals surface area contributed by atoms with E-state index in [4.69, 9.17) is 4.74 Å². The number of nitrogens with zero attached hydrogens (tertiary/aromatic N) is 2. The van der Waals surface area contributed by atoms with Crippen LogP contribution in [0, 0.1) is 10.1 Å². The Hall–Kier alpha value is -1.69. The number of anilines is 1. The maximum atomic E-state index is 10.4. The van der Waals surface area contributed by atoms with Crippen molar-refractivity contribution in [3.05, 3.63) is 28.4 Å². The monoisotopic (exact) mass is 253 g/mol. The topological polar surface area (TPSA) is 77.3 Å². The van der Waals surface area contributed by atoms with Gasteiger partial charge in [-0.15, -0.1) is 0 Å². The number of rotatable bonds is 9. The van der Waals surface area contributed by atoms with E-state index in [1.807, 2.05) is 0 Å². The number of nitrogens with one attached hydrogen (secondary N) is 1. The summed E-state index contributed by atoms with van der Waals surface area (Å²) < 4.78 is 5.41. The summed E-state index contributed by atoms with van der Waals surface area (Å²) in [5.74, 6) is 0.647. The van der Waals surface area contributed by atoms with Gasteiger partial charge in [0.15, 0.2) is 0 Å². The van der Waals surface area contributed by atoms with Crippen molar-refractivity contribution in [1.29, 1.82) is 0 Å². The van der Waals surface area contributed by atoms with Crippen LogP contribution in [-0.2, 0) is 4.74 Å². The van der Waals surface area contributed by atoms with Crippen LogP contribution in [-0.4, -0.2) is 29.7 Å². The van der Waals surface area contributed by atoms with Gasteiger partial charge in [-0.05, 0) is 18.9 Å². The SMILES string of the molecule is CCCCOCCCNc1ccc([N+](=O)[O-])cn1. The molecule has 0 saturated carbocycles. The summed E-state index contributed by atoms with van der Waals surface area (Å²) in [7, 11) is 0. The summed E-state index contributed by atoms with van der Waals surface area (Å²) in [5, 5.41) is 13.5. The van der Waals surface area contributed by atoms with Gasteiger partial charge in [-0.1, -0.05) is 13.3 Å².